The Balaban J connectivity index is 1.73. The van der Waals surface area contributed by atoms with Gasteiger partial charge in [-0.2, -0.15) is 5.26 Å². The summed E-state index contributed by atoms with van der Waals surface area (Å²) in [7, 11) is 0. The Morgan fingerprint density at radius 3 is 2.39 bits per heavy atom. The molecule has 31 heavy (non-hydrogen) atoms. The van der Waals surface area contributed by atoms with E-state index in [0.717, 1.165) is 17.7 Å². The van der Waals surface area contributed by atoms with Crippen molar-refractivity contribution < 1.29 is 14.3 Å². The predicted octanol–water partition coefficient (Wildman–Crippen LogP) is 5.52. The van der Waals surface area contributed by atoms with Crippen LogP contribution in [0.4, 0.5) is 5.69 Å². The van der Waals surface area contributed by atoms with Gasteiger partial charge in [0.1, 0.15) is 18.1 Å². The van der Waals surface area contributed by atoms with E-state index in [2.05, 4.69) is 6.07 Å². The molecule has 0 N–H and O–H groups in total. The van der Waals surface area contributed by atoms with E-state index in [1.54, 1.807) is 30.0 Å². The normalized spacial score (nSPS) is 11.3. The van der Waals surface area contributed by atoms with Crippen molar-refractivity contribution in [2.75, 3.05) is 18.1 Å². The van der Waals surface area contributed by atoms with Gasteiger partial charge < -0.3 is 14.4 Å². The first kappa shape index (κ1) is 21.9. The zero-order valence-electron chi connectivity index (χ0n) is 17.8. The summed E-state index contributed by atoms with van der Waals surface area (Å²) in [6, 6.07) is 26.6. The molecule has 0 heterocycles. The Hall–Kier alpha value is -3.78. The highest BCUT2D eigenvalue weighted by Gasteiger charge is 2.16. The quantitative estimate of drug-likeness (QED) is 0.462. The molecule has 3 aromatic carbocycles. The van der Waals surface area contributed by atoms with Gasteiger partial charge in [-0.15, -0.1) is 0 Å². The van der Waals surface area contributed by atoms with Crippen LogP contribution in [0.2, 0.25) is 0 Å². The Bertz CT molecular complexity index is 1030. The van der Waals surface area contributed by atoms with E-state index < -0.39 is 0 Å². The average molecular weight is 415 g/mol. The Labute approximate surface area is 183 Å². The third kappa shape index (κ3) is 6.10. The van der Waals surface area contributed by atoms with Crippen LogP contribution in [-0.2, 0) is 4.79 Å². The zero-order valence-corrected chi connectivity index (χ0v) is 17.8. The van der Waals surface area contributed by atoms with Crippen LogP contribution in [0.3, 0.4) is 0 Å². The first-order valence-corrected chi connectivity index (χ1v) is 10.3. The summed E-state index contributed by atoms with van der Waals surface area (Å²) < 4.78 is 12.2. The summed E-state index contributed by atoms with van der Waals surface area (Å²) in [5.74, 6) is 1.33. The molecule has 0 saturated carbocycles. The lowest BCUT2D eigenvalue weighted by Gasteiger charge is -2.22. The molecule has 3 rings (SSSR count). The number of benzene rings is 3. The van der Waals surface area contributed by atoms with Gasteiger partial charge in [0, 0.05) is 19.2 Å². The van der Waals surface area contributed by atoms with Gasteiger partial charge >= 0.3 is 0 Å². The second-order valence-electron chi connectivity index (χ2n) is 7.13. The van der Waals surface area contributed by atoms with Gasteiger partial charge in [-0.05, 0) is 54.4 Å². The van der Waals surface area contributed by atoms with Gasteiger partial charge in [-0.25, -0.2) is 0 Å². The molecule has 0 aromatic heterocycles. The maximum Gasteiger partial charge on any atom is 0.223 e. The van der Waals surface area contributed by atoms with Gasteiger partial charge in [0.15, 0.2) is 6.10 Å². The number of carbonyl (C=O) groups is 1. The molecule has 0 radical (unpaired) electrons. The second-order valence-corrected chi connectivity index (χ2v) is 7.13. The minimum atomic E-state index is -0.344. The molecule has 158 valence electrons. The van der Waals surface area contributed by atoms with Crippen LogP contribution < -0.4 is 14.4 Å². The van der Waals surface area contributed by atoms with Crippen LogP contribution in [-0.4, -0.2) is 19.1 Å². The number of nitriles is 1. The Morgan fingerprint density at radius 1 is 1.00 bits per heavy atom. The van der Waals surface area contributed by atoms with E-state index in [9.17, 15) is 4.79 Å². The van der Waals surface area contributed by atoms with E-state index in [4.69, 9.17) is 14.7 Å². The topological polar surface area (TPSA) is 62.6 Å². The first-order chi connectivity index (χ1) is 15.1. The fourth-order valence-electron chi connectivity index (χ4n) is 3.26. The summed E-state index contributed by atoms with van der Waals surface area (Å²) in [5.41, 5.74) is 2.38. The molecule has 0 bridgehead atoms. The second kappa shape index (κ2) is 10.8. The van der Waals surface area contributed by atoms with E-state index in [-0.39, 0.29) is 12.0 Å². The van der Waals surface area contributed by atoms with Crippen LogP contribution in [0.1, 0.15) is 37.5 Å². The summed E-state index contributed by atoms with van der Waals surface area (Å²) >= 11 is 0. The van der Waals surface area contributed by atoms with Crippen molar-refractivity contribution in [3.05, 3.63) is 90.0 Å². The number of carbonyl (C=O) groups excluding carboxylic acids is 1. The van der Waals surface area contributed by atoms with Crippen molar-refractivity contribution in [2.24, 2.45) is 0 Å². The molecule has 0 saturated heterocycles. The molecule has 1 atom stereocenters. The van der Waals surface area contributed by atoms with E-state index in [1.165, 1.54) is 0 Å². The van der Waals surface area contributed by atoms with Crippen molar-refractivity contribution in [2.45, 2.75) is 26.4 Å². The van der Waals surface area contributed by atoms with E-state index in [0.29, 0.717) is 30.2 Å². The van der Waals surface area contributed by atoms with Gasteiger partial charge in [0.05, 0.1) is 11.6 Å². The molecule has 5 nitrogen and oxygen atoms in total. The lowest BCUT2D eigenvalue weighted by molar-refractivity contribution is -0.116. The fourth-order valence-corrected chi connectivity index (χ4v) is 3.26. The highest BCUT2D eigenvalue weighted by Crippen LogP contribution is 2.25. The smallest absolute Gasteiger partial charge is 0.223 e. The minimum absolute atomic E-state index is 0.0210. The van der Waals surface area contributed by atoms with Crippen molar-refractivity contribution in [3.63, 3.8) is 0 Å². The minimum Gasteiger partial charge on any atom is -0.489 e. The third-order valence-corrected chi connectivity index (χ3v) is 4.79. The Morgan fingerprint density at radius 2 is 1.74 bits per heavy atom. The van der Waals surface area contributed by atoms with E-state index in [1.807, 2.05) is 67.6 Å². The summed E-state index contributed by atoms with van der Waals surface area (Å²) in [6.07, 6.45) is 0.546. The summed E-state index contributed by atoms with van der Waals surface area (Å²) in [6.45, 7) is 4.60. The van der Waals surface area contributed by atoms with Crippen molar-refractivity contribution in [3.8, 4) is 17.6 Å². The molecule has 0 aliphatic rings. The molecule has 1 amide bonds. The van der Waals surface area contributed by atoms with Gasteiger partial charge in [0.25, 0.3) is 0 Å². The highest BCUT2D eigenvalue weighted by atomic mass is 16.5. The summed E-state index contributed by atoms with van der Waals surface area (Å²) in [5, 5.41) is 9.14. The molecular weight excluding hydrogens is 388 g/mol. The lowest BCUT2D eigenvalue weighted by atomic mass is 10.1. The first-order valence-electron chi connectivity index (χ1n) is 10.3. The van der Waals surface area contributed by atoms with Gasteiger partial charge in [-0.1, -0.05) is 43.3 Å². The van der Waals surface area contributed by atoms with Crippen molar-refractivity contribution in [1.29, 1.82) is 5.26 Å². The maximum atomic E-state index is 11.9. The number of hydrogen-bond acceptors (Lipinski definition) is 4. The van der Waals surface area contributed by atoms with E-state index >= 15 is 0 Å². The van der Waals surface area contributed by atoms with Crippen molar-refractivity contribution in [1.82, 2.24) is 0 Å². The van der Waals surface area contributed by atoms with Crippen LogP contribution in [0.15, 0.2) is 78.9 Å². The number of amides is 1. The number of anilines is 1. The standard InChI is InChI=1S/C26H26N2O3/c1-3-16-28(20(2)29)23-12-14-24(15-13-23)30-19-26(22-9-5-4-6-10-22)31-25-11-7-8-21(17-25)18-27/h4-15,17,26H,3,16,19H2,1-2H3. The molecule has 5 heteroatoms. The lowest BCUT2D eigenvalue weighted by Crippen LogP contribution is -2.28. The Kier molecular flexibility index (Phi) is 7.67. The molecule has 0 aliphatic heterocycles. The number of hydrogen-bond donors (Lipinski definition) is 0. The monoisotopic (exact) mass is 414 g/mol. The molecule has 0 aliphatic carbocycles. The number of rotatable bonds is 9. The fraction of sp³-hybridized carbons (Fsp3) is 0.231. The maximum absolute atomic E-state index is 11.9. The average Bonchev–Trinajstić information content (AvgIpc) is 2.81. The van der Waals surface area contributed by atoms with Crippen LogP contribution in [0.5, 0.6) is 11.5 Å². The van der Waals surface area contributed by atoms with Crippen molar-refractivity contribution >= 4 is 11.6 Å². The van der Waals surface area contributed by atoms with Gasteiger partial charge in [-0.3, -0.25) is 4.79 Å². The van der Waals surface area contributed by atoms with Crippen LogP contribution in [0, 0.1) is 11.3 Å². The van der Waals surface area contributed by atoms with Crippen LogP contribution >= 0.6 is 0 Å². The number of ether oxygens (including phenoxy) is 2. The molecule has 1 unspecified atom stereocenters. The molecule has 3 aromatic rings. The number of nitrogens with zero attached hydrogens (tertiary/aromatic N) is 2. The molecule has 0 spiro atoms. The third-order valence-electron chi connectivity index (χ3n) is 4.79. The van der Waals surface area contributed by atoms with Crippen LogP contribution in [0.25, 0.3) is 0 Å². The molecule has 0 fully saturated rings. The zero-order chi connectivity index (χ0) is 22.1. The van der Waals surface area contributed by atoms with Gasteiger partial charge in [0.2, 0.25) is 5.91 Å². The summed E-state index contributed by atoms with van der Waals surface area (Å²) in [4.78, 5) is 13.6. The largest absolute Gasteiger partial charge is 0.489 e. The highest BCUT2D eigenvalue weighted by molar-refractivity contribution is 5.91. The molecular formula is C26H26N2O3. The predicted molar refractivity (Wildman–Crippen MR) is 121 cm³/mol. The SMILES string of the molecule is CCCN(C(C)=O)c1ccc(OCC(Oc2cccc(C#N)c2)c2ccccc2)cc1.